The van der Waals surface area contributed by atoms with Crippen molar-refractivity contribution in [2.45, 2.75) is 16.0 Å². The highest BCUT2D eigenvalue weighted by Gasteiger charge is 2.32. The first-order chi connectivity index (χ1) is 14.4. The molecular weight excluding hydrogens is 477 g/mol. The van der Waals surface area contributed by atoms with Gasteiger partial charge in [-0.05, 0) is 42.5 Å². The van der Waals surface area contributed by atoms with Gasteiger partial charge in [-0.3, -0.25) is 9.44 Å². The molecule has 2 N–H and O–H groups in total. The molecule has 3 aromatic rings. The van der Waals surface area contributed by atoms with E-state index < -0.39 is 36.7 Å². The third-order valence-corrected chi connectivity index (χ3v) is 7.24. The van der Waals surface area contributed by atoms with E-state index in [1.165, 1.54) is 42.5 Å². The Morgan fingerprint density at radius 2 is 1.26 bits per heavy atom. The lowest BCUT2D eigenvalue weighted by Crippen LogP contribution is -2.18. The van der Waals surface area contributed by atoms with Crippen LogP contribution in [0.1, 0.15) is 5.56 Å². The average Bonchev–Trinajstić information content (AvgIpc) is 2.69. The van der Waals surface area contributed by atoms with Crippen LogP contribution in [0.25, 0.3) is 0 Å². The molecule has 0 unspecified atom stereocenters. The zero-order chi connectivity index (χ0) is 22.9. The summed E-state index contributed by atoms with van der Waals surface area (Å²) >= 11 is 5.93. The molecule has 0 saturated carbocycles. The summed E-state index contributed by atoms with van der Waals surface area (Å²) in [5, 5.41) is -0.0444. The molecule has 0 amide bonds. The van der Waals surface area contributed by atoms with Gasteiger partial charge in [0, 0.05) is 0 Å². The van der Waals surface area contributed by atoms with Crippen LogP contribution < -0.4 is 9.44 Å². The highest BCUT2D eigenvalue weighted by Crippen LogP contribution is 2.32. The molecular formula is C19H14ClF3N2O4S2. The molecule has 0 fully saturated rings. The highest BCUT2D eigenvalue weighted by molar-refractivity contribution is 7.93. The van der Waals surface area contributed by atoms with Crippen LogP contribution in [-0.2, 0) is 26.2 Å². The Balaban J connectivity index is 1.95. The third-order valence-electron chi connectivity index (χ3n) is 4.01. The maximum atomic E-state index is 12.9. The Morgan fingerprint density at radius 1 is 0.710 bits per heavy atom. The van der Waals surface area contributed by atoms with Crippen molar-refractivity contribution in [3.8, 4) is 0 Å². The van der Waals surface area contributed by atoms with Gasteiger partial charge in [-0.2, -0.15) is 13.2 Å². The maximum absolute atomic E-state index is 12.9. The van der Waals surface area contributed by atoms with Crippen LogP contribution in [0.15, 0.2) is 82.6 Å². The van der Waals surface area contributed by atoms with Crippen LogP contribution in [0.4, 0.5) is 24.5 Å². The minimum atomic E-state index is -4.73. The second kappa shape index (κ2) is 8.40. The standard InChI is InChI=1S/C19H14ClF3N2O4S2/c20-15-8-1-4-11-18(15)31(28,29)25-17-10-3-2-9-16(17)24-30(26,27)14-7-5-6-13(12-14)19(21,22)23/h1-12,24-25H. The zero-order valence-electron chi connectivity index (χ0n) is 15.4. The average molecular weight is 491 g/mol. The summed E-state index contributed by atoms with van der Waals surface area (Å²) in [5.41, 5.74) is -1.46. The smallest absolute Gasteiger partial charge is 0.277 e. The lowest BCUT2D eigenvalue weighted by molar-refractivity contribution is -0.137. The fraction of sp³-hybridized carbons (Fsp3) is 0.0526. The van der Waals surface area contributed by atoms with Gasteiger partial charge in [0.25, 0.3) is 20.0 Å². The SMILES string of the molecule is O=S(=O)(Nc1ccccc1NS(=O)(=O)c1ccccc1Cl)c1cccc(C(F)(F)F)c1. The summed E-state index contributed by atoms with van der Waals surface area (Å²) in [5.74, 6) is 0. The molecule has 0 bridgehead atoms. The predicted molar refractivity (Wildman–Crippen MR) is 111 cm³/mol. The van der Waals surface area contributed by atoms with E-state index in [0.29, 0.717) is 6.07 Å². The molecule has 3 aromatic carbocycles. The summed E-state index contributed by atoms with van der Waals surface area (Å²) < 4.78 is 93.7. The summed E-state index contributed by atoms with van der Waals surface area (Å²) in [6.45, 7) is 0. The van der Waals surface area contributed by atoms with Gasteiger partial charge in [-0.1, -0.05) is 41.9 Å². The van der Waals surface area contributed by atoms with Gasteiger partial charge in [0.1, 0.15) is 4.90 Å². The second-order valence-electron chi connectivity index (χ2n) is 6.21. The molecule has 0 aliphatic heterocycles. The summed E-state index contributed by atoms with van der Waals surface area (Å²) in [6, 6.07) is 14.2. The van der Waals surface area contributed by atoms with Gasteiger partial charge in [-0.15, -0.1) is 0 Å². The Hall–Kier alpha value is -2.76. The number of hydrogen-bond donors (Lipinski definition) is 2. The van der Waals surface area contributed by atoms with Gasteiger partial charge in [-0.25, -0.2) is 16.8 Å². The van der Waals surface area contributed by atoms with Gasteiger partial charge in [0.05, 0.1) is 26.9 Å². The van der Waals surface area contributed by atoms with Crippen molar-refractivity contribution in [2.75, 3.05) is 9.44 Å². The van der Waals surface area contributed by atoms with Crippen molar-refractivity contribution < 1.29 is 30.0 Å². The lowest BCUT2D eigenvalue weighted by atomic mass is 10.2. The molecule has 3 rings (SSSR count). The van der Waals surface area contributed by atoms with Gasteiger partial charge in [0.2, 0.25) is 0 Å². The quantitative estimate of drug-likeness (QED) is 0.511. The monoisotopic (exact) mass is 490 g/mol. The van der Waals surface area contributed by atoms with Crippen LogP contribution in [0.3, 0.4) is 0 Å². The van der Waals surface area contributed by atoms with Crippen LogP contribution in [0.2, 0.25) is 5.02 Å². The lowest BCUT2D eigenvalue weighted by Gasteiger charge is -2.15. The van der Waals surface area contributed by atoms with Crippen LogP contribution >= 0.6 is 11.6 Å². The van der Waals surface area contributed by atoms with Crippen LogP contribution in [-0.4, -0.2) is 16.8 Å². The maximum Gasteiger partial charge on any atom is 0.416 e. The number of halogens is 4. The molecule has 31 heavy (non-hydrogen) atoms. The van der Waals surface area contributed by atoms with Crippen molar-refractivity contribution in [1.29, 1.82) is 0 Å². The van der Waals surface area contributed by atoms with E-state index in [0.717, 1.165) is 18.2 Å². The molecule has 0 aliphatic rings. The van der Waals surface area contributed by atoms with E-state index in [4.69, 9.17) is 11.6 Å². The second-order valence-corrected chi connectivity index (χ2v) is 9.95. The molecule has 12 heteroatoms. The van der Waals surface area contributed by atoms with Gasteiger partial charge < -0.3 is 0 Å². The number of alkyl halides is 3. The Morgan fingerprint density at radius 3 is 1.84 bits per heavy atom. The Bertz CT molecular complexity index is 1330. The predicted octanol–water partition coefficient (Wildman–Crippen LogP) is 4.96. The van der Waals surface area contributed by atoms with Crippen molar-refractivity contribution in [3.63, 3.8) is 0 Å². The fourth-order valence-corrected chi connectivity index (χ4v) is 5.29. The van der Waals surface area contributed by atoms with E-state index in [1.54, 1.807) is 6.07 Å². The zero-order valence-corrected chi connectivity index (χ0v) is 17.8. The van der Waals surface area contributed by atoms with Crippen molar-refractivity contribution in [1.82, 2.24) is 0 Å². The molecule has 0 aromatic heterocycles. The van der Waals surface area contributed by atoms with E-state index in [2.05, 4.69) is 9.44 Å². The first kappa shape index (κ1) is 22.9. The topological polar surface area (TPSA) is 92.3 Å². The fourth-order valence-electron chi connectivity index (χ4n) is 2.57. The number of rotatable bonds is 6. The Kier molecular flexibility index (Phi) is 6.21. The normalized spacial score (nSPS) is 12.4. The first-order valence-corrected chi connectivity index (χ1v) is 11.8. The van der Waals surface area contributed by atoms with Gasteiger partial charge in [0.15, 0.2) is 0 Å². The third kappa shape index (κ3) is 5.30. The summed E-state index contributed by atoms with van der Waals surface area (Å²) in [7, 11) is -8.64. The van der Waals surface area contributed by atoms with Crippen molar-refractivity contribution in [2.24, 2.45) is 0 Å². The number of nitrogens with one attached hydrogen (secondary N) is 2. The largest absolute Gasteiger partial charge is 0.416 e. The number of para-hydroxylation sites is 2. The summed E-state index contributed by atoms with van der Waals surface area (Å²) in [6.07, 6.45) is -4.73. The summed E-state index contributed by atoms with van der Waals surface area (Å²) in [4.78, 5) is -0.863. The van der Waals surface area contributed by atoms with E-state index in [9.17, 15) is 30.0 Å². The number of sulfonamides is 2. The molecule has 0 aliphatic carbocycles. The molecule has 0 atom stereocenters. The number of anilines is 2. The van der Waals surface area contributed by atoms with E-state index >= 15 is 0 Å². The molecule has 164 valence electrons. The molecule has 0 spiro atoms. The first-order valence-electron chi connectivity index (χ1n) is 8.47. The molecule has 0 saturated heterocycles. The molecule has 0 radical (unpaired) electrons. The van der Waals surface area contributed by atoms with E-state index in [1.807, 2.05) is 0 Å². The molecule has 0 heterocycles. The van der Waals surface area contributed by atoms with Crippen molar-refractivity contribution in [3.05, 3.63) is 83.4 Å². The minimum absolute atomic E-state index is 0.0444. The van der Waals surface area contributed by atoms with E-state index in [-0.39, 0.29) is 21.3 Å². The Labute approximate surface area is 181 Å². The van der Waals surface area contributed by atoms with Gasteiger partial charge >= 0.3 is 6.18 Å². The van der Waals surface area contributed by atoms with Crippen molar-refractivity contribution >= 4 is 43.0 Å². The number of hydrogen-bond acceptors (Lipinski definition) is 4. The minimum Gasteiger partial charge on any atom is -0.277 e. The van der Waals surface area contributed by atoms with Crippen LogP contribution in [0.5, 0.6) is 0 Å². The number of benzene rings is 3. The molecule has 6 nitrogen and oxygen atoms in total. The highest BCUT2D eigenvalue weighted by atomic mass is 35.5. The van der Waals surface area contributed by atoms with Crippen LogP contribution in [0, 0.1) is 0 Å².